The predicted molar refractivity (Wildman–Crippen MR) is 79.1 cm³/mol. The predicted octanol–water partition coefficient (Wildman–Crippen LogP) is 1.63. The summed E-state index contributed by atoms with van der Waals surface area (Å²) >= 11 is 3.36. The number of carbonyl (C=O) groups excluding carboxylic acids is 1. The van der Waals surface area contributed by atoms with Crippen LogP contribution in [0.15, 0.2) is 27.1 Å². The van der Waals surface area contributed by atoms with Crippen molar-refractivity contribution in [1.29, 1.82) is 5.26 Å². The average molecular weight is 349 g/mol. The highest BCUT2D eigenvalue weighted by molar-refractivity contribution is 9.10. The maximum Gasteiger partial charge on any atom is 0.238 e. The smallest absolute Gasteiger partial charge is 0.238 e. The van der Waals surface area contributed by atoms with Crippen molar-refractivity contribution in [2.24, 2.45) is 5.73 Å². The second kappa shape index (κ2) is 5.13. The molecule has 1 saturated carbocycles. The molecule has 0 bridgehead atoms. The van der Waals surface area contributed by atoms with Crippen LogP contribution in [0.25, 0.3) is 11.1 Å². The van der Waals surface area contributed by atoms with E-state index in [-0.39, 0.29) is 12.3 Å². The molecular weight excluding hydrogens is 336 g/mol. The minimum Gasteiger partial charge on any atom is -0.441 e. The van der Waals surface area contributed by atoms with Crippen LogP contribution in [0.1, 0.15) is 18.7 Å². The van der Waals surface area contributed by atoms with E-state index >= 15 is 0 Å². The number of rotatable bonds is 4. The van der Waals surface area contributed by atoms with E-state index in [2.05, 4.69) is 32.3 Å². The minimum atomic E-state index is -0.785. The van der Waals surface area contributed by atoms with Crippen molar-refractivity contribution in [3.05, 3.63) is 28.6 Å². The molecule has 1 aliphatic carbocycles. The molecule has 7 heteroatoms. The van der Waals surface area contributed by atoms with E-state index in [1.54, 1.807) is 0 Å². The van der Waals surface area contributed by atoms with Gasteiger partial charge in [0, 0.05) is 10.9 Å². The number of oxazole rings is 1. The normalized spacial score (nSPS) is 17.2. The molecule has 1 aromatic carbocycles. The number of amides is 1. The first-order valence-corrected chi connectivity index (χ1v) is 7.34. The number of nitrogens with zero attached hydrogens (tertiary/aromatic N) is 2. The lowest BCUT2D eigenvalue weighted by Gasteiger charge is -2.13. The van der Waals surface area contributed by atoms with Crippen molar-refractivity contribution in [1.82, 2.24) is 10.3 Å². The van der Waals surface area contributed by atoms with Crippen LogP contribution in [0.2, 0.25) is 0 Å². The SMILES string of the molecule is N#CC1(NC(=O)[C@@H](N)Cc2nc3ccc(Br)cc3o2)CC1. The third kappa shape index (κ3) is 2.91. The molecule has 21 heavy (non-hydrogen) atoms. The molecule has 3 rings (SSSR count). The summed E-state index contributed by atoms with van der Waals surface area (Å²) in [6, 6.07) is 6.82. The molecule has 1 aliphatic rings. The lowest BCUT2D eigenvalue weighted by atomic mass is 10.2. The van der Waals surface area contributed by atoms with Gasteiger partial charge in [0.15, 0.2) is 11.5 Å². The Kier molecular flexibility index (Phi) is 3.43. The molecule has 6 nitrogen and oxygen atoms in total. The molecule has 1 atom stereocenters. The molecule has 3 N–H and O–H groups in total. The van der Waals surface area contributed by atoms with Gasteiger partial charge in [-0.15, -0.1) is 0 Å². The van der Waals surface area contributed by atoms with Gasteiger partial charge in [-0.25, -0.2) is 4.98 Å². The first-order chi connectivity index (χ1) is 10.0. The van der Waals surface area contributed by atoms with Gasteiger partial charge in [-0.1, -0.05) is 15.9 Å². The van der Waals surface area contributed by atoms with E-state index in [1.807, 2.05) is 18.2 Å². The molecule has 1 aromatic heterocycles. The van der Waals surface area contributed by atoms with Crippen LogP contribution in [-0.2, 0) is 11.2 Å². The maximum atomic E-state index is 12.0. The molecule has 1 heterocycles. The fourth-order valence-electron chi connectivity index (χ4n) is 2.03. The Morgan fingerprint density at radius 1 is 1.62 bits per heavy atom. The van der Waals surface area contributed by atoms with Crippen LogP contribution in [-0.4, -0.2) is 22.5 Å². The van der Waals surface area contributed by atoms with Gasteiger partial charge in [0.25, 0.3) is 0 Å². The van der Waals surface area contributed by atoms with Crippen LogP contribution in [0.3, 0.4) is 0 Å². The summed E-state index contributed by atoms with van der Waals surface area (Å²) in [5.41, 5.74) is 6.51. The first-order valence-electron chi connectivity index (χ1n) is 6.55. The van der Waals surface area contributed by atoms with Gasteiger partial charge in [-0.05, 0) is 31.0 Å². The number of hydrogen-bond acceptors (Lipinski definition) is 5. The summed E-state index contributed by atoms with van der Waals surface area (Å²) in [6.45, 7) is 0. The summed E-state index contributed by atoms with van der Waals surface area (Å²) in [7, 11) is 0. The number of hydrogen-bond donors (Lipinski definition) is 2. The number of nitriles is 1. The van der Waals surface area contributed by atoms with Gasteiger partial charge in [0.1, 0.15) is 11.1 Å². The van der Waals surface area contributed by atoms with Crippen molar-refractivity contribution >= 4 is 32.9 Å². The van der Waals surface area contributed by atoms with E-state index < -0.39 is 11.6 Å². The van der Waals surface area contributed by atoms with Gasteiger partial charge in [-0.3, -0.25) is 4.79 Å². The second-order valence-corrected chi connectivity index (χ2v) is 6.13. The van der Waals surface area contributed by atoms with Crippen LogP contribution in [0.4, 0.5) is 0 Å². The van der Waals surface area contributed by atoms with Gasteiger partial charge in [0.05, 0.1) is 12.1 Å². The highest BCUT2D eigenvalue weighted by Crippen LogP contribution is 2.34. The Balaban J connectivity index is 1.69. The Morgan fingerprint density at radius 2 is 2.38 bits per heavy atom. The third-order valence-electron chi connectivity index (χ3n) is 3.45. The first kappa shape index (κ1) is 14.0. The molecule has 0 radical (unpaired) electrons. The van der Waals surface area contributed by atoms with Crippen molar-refractivity contribution in [2.75, 3.05) is 0 Å². The van der Waals surface area contributed by atoms with E-state index in [0.717, 1.165) is 9.99 Å². The third-order valence-corrected chi connectivity index (χ3v) is 3.95. The average Bonchev–Trinajstić information content (AvgIpc) is 3.11. The van der Waals surface area contributed by atoms with Gasteiger partial charge >= 0.3 is 0 Å². The summed E-state index contributed by atoms with van der Waals surface area (Å²) in [6.07, 6.45) is 1.55. The number of halogens is 1. The lowest BCUT2D eigenvalue weighted by Crippen LogP contribution is -2.47. The zero-order valence-electron chi connectivity index (χ0n) is 11.1. The summed E-state index contributed by atoms with van der Waals surface area (Å²) in [5, 5.41) is 11.6. The van der Waals surface area contributed by atoms with Gasteiger partial charge in [0.2, 0.25) is 5.91 Å². The minimum absolute atomic E-state index is 0.194. The van der Waals surface area contributed by atoms with Crippen molar-refractivity contribution in [3.8, 4) is 6.07 Å². The number of nitrogens with one attached hydrogen (secondary N) is 1. The molecule has 1 fully saturated rings. The van der Waals surface area contributed by atoms with E-state index in [0.29, 0.717) is 24.3 Å². The largest absolute Gasteiger partial charge is 0.441 e. The van der Waals surface area contributed by atoms with Crippen LogP contribution in [0.5, 0.6) is 0 Å². The van der Waals surface area contributed by atoms with Gasteiger partial charge < -0.3 is 15.5 Å². The molecule has 0 aliphatic heterocycles. The lowest BCUT2D eigenvalue weighted by molar-refractivity contribution is -0.123. The van der Waals surface area contributed by atoms with Crippen LogP contribution < -0.4 is 11.1 Å². The summed E-state index contributed by atoms with van der Waals surface area (Å²) in [4.78, 5) is 16.3. The monoisotopic (exact) mass is 348 g/mol. The number of aromatic nitrogens is 1. The fourth-order valence-corrected chi connectivity index (χ4v) is 2.37. The standard InChI is InChI=1S/C14H13BrN4O2/c15-8-1-2-10-11(5-8)21-12(18-10)6-9(17)13(20)19-14(7-16)3-4-14/h1-2,5,9H,3-4,6,17H2,(H,19,20)/t9-/m0/s1. The van der Waals surface area contributed by atoms with E-state index in [9.17, 15) is 4.79 Å². The molecule has 0 spiro atoms. The highest BCUT2D eigenvalue weighted by Gasteiger charge is 2.45. The van der Waals surface area contributed by atoms with Crippen molar-refractivity contribution < 1.29 is 9.21 Å². The Hall–Kier alpha value is -1.91. The van der Waals surface area contributed by atoms with Crippen molar-refractivity contribution in [2.45, 2.75) is 30.8 Å². The number of fused-ring (bicyclic) bond motifs is 1. The highest BCUT2D eigenvalue weighted by atomic mass is 79.9. The van der Waals surface area contributed by atoms with Crippen LogP contribution >= 0.6 is 15.9 Å². The van der Waals surface area contributed by atoms with E-state index in [4.69, 9.17) is 15.4 Å². The van der Waals surface area contributed by atoms with E-state index in [1.165, 1.54) is 0 Å². The molecule has 0 saturated heterocycles. The fraction of sp³-hybridized carbons (Fsp3) is 0.357. The summed E-state index contributed by atoms with van der Waals surface area (Å²) < 4.78 is 6.47. The summed E-state index contributed by atoms with van der Waals surface area (Å²) in [5.74, 6) is 0.0602. The Labute approximate surface area is 129 Å². The van der Waals surface area contributed by atoms with Crippen molar-refractivity contribution in [3.63, 3.8) is 0 Å². The topological polar surface area (TPSA) is 105 Å². The van der Waals surface area contributed by atoms with Gasteiger partial charge in [-0.2, -0.15) is 5.26 Å². The zero-order chi connectivity index (χ0) is 15.0. The molecular formula is C14H13BrN4O2. The number of nitrogens with two attached hydrogens (primary N) is 1. The quantitative estimate of drug-likeness (QED) is 0.873. The van der Waals surface area contributed by atoms with Crippen LogP contribution in [0, 0.1) is 11.3 Å². The number of carbonyl (C=O) groups is 1. The Morgan fingerprint density at radius 3 is 3.05 bits per heavy atom. The second-order valence-electron chi connectivity index (χ2n) is 5.21. The number of benzene rings is 1. The zero-order valence-corrected chi connectivity index (χ0v) is 12.7. The molecule has 1 amide bonds. The Bertz CT molecular complexity index is 745. The maximum absolute atomic E-state index is 12.0. The molecule has 0 unspecified atom stereocenters. The molecule has 108 valence electrons. The molecule has 2 aromatic rings.